The largest absolute Gasteiger partial charge is 0.478 e. The quantitative estimate of drug-likeness (QED) is 0.441. The second-order valence-electron chi connectivity index (χ2n) is 6.19. The normalized spacial score (nSPS) is 10.5. The summed E-state index contributed by atoms with van der Waals surface area (Å²) in [6.07, 6.45) is 0. The summed E-state index contributed by atoms with van der Waals surface area (Å²) in [6.45, 7) is 0. The second kappa shape index (κ2) is 7.26. The Kier molecular flexibility index (Phi) is 4.50. The van der Waals surface area contributed by atoms with Crippen LogP contribution in [0.15, 0.2) is 101 Å². The number of hydrogen-bond acceptors (Lipinski definition) is 1. The maximum absolute atomic E-state index is 11.1. The number of benzene rings is 3. The third-order valence-corrected chi connectivity index (χ3v) is 4.37. The van der Waals surface area contributed by atoms with E-state index in [2.05, 4.69) is 0 Å². The zero-order chi connectivity index (χ0) is 18.6. The van der Waals surface area contributed by atoms with Gasteiger partial charge in [-0.2, -0.15) is 0 Å². The fourth-order valence-corrected chi connectivity index (χ4v) is 2.96. The summed E-state index contributed by atoms with van der Waals surface area (Å²) in [7, 11) is 0. The first-order chi connectivity index (χ1) is 13.2. The third-order valence-electron chi connectivity index (χ3n) is 4.37. The minimum Gasteiger partial charge on any atom is -0.478 e. The van der Waals surface area contributed by atoms with Gasteiger partial charge in [-0.25, -0.2) is 9.21 Å². The molecule has 0 saturated carbocycles. The van der Waals surface area contributed by atoms with Crippen LogP contribution >= 0.6 is 0 Å². The van der Waals surface area contributed by atoms with E-state index in [9.17, 15) is 4.79 Å². The second-order valence-corrected chi connectivity index (χ2v) is 6.19. The first-order valence-corrected chi connectivity index (χ1v) is 8.63. The summed E-state index contributed by atoms with van der Waals surface area (Å²) >= 11 is 0. The molecule has 0 bridgehead atoms. The minimum atomic E-state index is -0.931. The SMILES string of the molecule is O=C(O)c1ccc(-c2cc(-c3ccccc3)[o+]c(-c3ccccc3)c2)cc1. The summed E-state index contributed by atoms with van der Waals surface area (Å²) < 4.78 is 6.18. The molecule has 4 rings (SSSR count). The van der Waals surface area contributed by atoms with Gasteiger partial charge in [0.25, 0.3) is 0 Å². The molecule has 0 aliphatic carbocycles. The van der Waals surface area contributed by atoms with Gasteiger partial charge in [0.05, 0.1) is 28.8 Å². The molecule has 130 valence electrons. The lowest BCUT2D eigenvalue weighted by Crippen LogP contribution is -1.95. The van der Waals surface area contributed by atoms with E-state index in [4.69, 9.17) is 9.52 Å². The van der Waals surface area contributed by atoms with E-state index in [1.807, 2.05) is 84.9 Å². The maximum atomic E-state index is 11.1. The van der Waals surface area contributed by atoms with Crippen molar-refractivity contribution < 1.29 is 14.3 Å². The Morgan fingerprint density at radius 3 is 1.52 bits per heavy atom. The predicted octanol–water partition coefficient (Wildman–Crippen LogP) is 6.26. The molecule has 0 atom stereocenters. The molecule has 1 heterocycles. The van der Waals surface area contributed by atoms with Gasteiger partial charge in [0.1, 0.15) is 0 Å². The number of carbonyl (C=O) groups is 1. The monoisotopic (exact) mass is 353 g/mol. The Hall–Kier alpha value is -3.72. The van der Waals surface area contributed by atoms with Crippen molar-refractivity contribution in [3.8, 4) is 33.8 Å². The third kappa shape index (κ3) is 3.62. The average molecular weight is 353 g/mol. The molecule has 0 aliphatic heterocycles. The Morgan fingerprint density at radius 1 is 0.593 bits per heavy atom. The number of hydrogen-bond donors (Lipinski definition) is 1. The Labute approximate surface area is 157 Å². The van der Waals surface area contributed by atoms with E-state index in [0.29, 0.717) is 0 Å². The topological polar surface area (TPSA) is 48.6 Å². The minimum absolute atomic E-state index is 0.269. The molecule has 3 aromatic carbocycles. The molecule has 3 heteroatoms. The van der Waals surface area contributed by atoms with Crippen LogP contribution < -0.4 is 0 Å². The highest BCUT2D eigenvalue weighted by Gasteiger charge is 2.20. The summed E-state index contributed by atoms with van der Waals surface area (Å²) in [5, 5.41) is 9.12. The number of rotatable bonds is 4. The van der Waals surface area contributed by atoms with E-state index in [1.54, 1.807) is 12.1 Å². The van der Waals surface area contributed by atoms with E-state index >= 15 is 0 Å². The molecule has 0 saturated heterocycles. The zero-order valence-corrected chi connectivity index (χ0v) is 14.5. The molecule has 0 radical (unpaired) electrons. The summed E-state index contributed by atoms with van der Waals surface area (Å²) in [5.74, 6) is 0.586. The van der Waals surface area contributed by atoms with Crippen molar-refractivity contribution in [3.63, 3.8) is 0 Å². The Bertz CT molecular complexity index is 1010. The number of aromatic carboxylic acids is 1. The highest BCUT2D eigenvalue weighted by molar-refractivity contribution is 5.88. The molecular formula is C24H17O3+. The molecule has 4 aromatic rings. The fourth-order valence-electron chi connectivity index (χ4n) is 2.96. The molecular weight excluding hydrogens is 336 g/mol. The summed E-state index contributed by atoms with van der Waals surface area (Å²) in [5.41, 5.74) is 4.14. The number of carboxylic acid groups (broad SMARTS) is 1. The lowest BCUT2D eigenvalue weighted by Gasteiger charge is -2.03. The van der Waals surface area contributed by atoms with Crippen LogP contribution in [0.25, 0.3) is 33.8 Å². The lowest BCUT2D eigenvalue weighted by molar-refractivity contribution is 0.0697. The zero-order valence-electron chi connectivity index (χ0n) is 14.5. The van der Waals surface area contributed by atoms with Crippen molar-refractivity contribution in [2.75, 3.05) is 0 Å². The van der Waals surface area contributed by atoms with Crippen molar-refractivity contribution >= 4 is 5.97 Å². The molecule has 1 N–H and O–H groups in total. The van der Waals surface area contributed by atoms with Crippen LogP contribution in [0.5, 0.6) is 0 Å². The maximum Gasteiger partial charge on any atom is 0.361 e. The molecule has 0 amide bonds. The van der Waals surface area contributed by atoms with Crippen molar-refractivity contribution in [3.05, 3.63) is 103 Å². The molecule has 0 spiro atoms. The van der Waals surface area contributed by atoms with E-state index in [-0.39, 0.29) is 5.56 Å². The van der Waals surface area contributed by atoms with E-state index < -0.39 is 5.97 Å². The van der Waals surface area contributed by atoms with Crippen LogP contribution in [0, 0.1) is 0 Å². The van der Waals surface area contributed by atoms with Crippen molar-refractivity contribution in [1.29, 1.82) is 0 Å². The highest BCUT2D eigenvalue weighted by Crippen LogP contribution is 2.32. The van der Waals surface area contributed by atoms with Gasteiger partial charge < -0.3 is 5.11 Å². The van der Waals surface area contributed by atoms with Gasteiger partial charge in [-0.1, -0.05) is 48.5 Å². The van der Waals surface area contributed by atoms with Gasteiger partial charge in [-0.05, 0) is 42.0 Å². The van der Waals surface area contributed by atoms with Gasteiger partial charge in [0, 0.05) is 5.56 Å². The van der Waals surface area contributed by atoms with E-state index in [0.717, 1.165) is 33.8 Å². The van der Waals surface area contributed by atoms with Crippen molar-refractivity contribution in [2.24, 2.45) is 0 Å². The standard InChI is InChI=1S/C24H16O3/c25-24(26)20-13-11-17(12-14-20)21-15-22(18-7-3-1-4-8-18)27-23(16-21)19-9-5-2-6-10-19/h1-16H/p+1. The van der Waals surface area contributed by atoms with Crippen LogP contribution in [-0.4, -0.2) is 11.1 Å². The van der Waals surface area contributed by atoms with Crippen LogP contribution in [0.4, 0.5) is 0 Å². The van der Waals surface area contributed by atoms with Crippen molar-refractivity contribution in [1.82, 2.24) is 0 Å². The van der Waals surface area contributed by atoms with Crippen LogP contribution in [-0.2, 0) is 0 Å². The molecule has 0 aliphatic rings. The summed E-state index contributed by atoms with van der Waals surface area (Å²) in [6, 6.07) is 30.7. The Morgan fingerprint density at radius 2 is 1.07 bits per heavy atom. The van der Waals surface area contributed by atoms with Crippen LogP contribution in [0.2, 0.25) is 0 Å². The molecule has 3 nitrogen and oxygen atoms in total. The molecule has 0 fully saturated rings. The fraction of sp³-hybridized carbons (Fsp3) is 0. The van der Waals surface area contributed by atoms with Crippen LogP contribution in [0.1, 0.15) is 10.4 Å². The average Bonchev–Trinajstić information content (AvgIpc) is 2.75. The van der Waals surface area contributed by atoms with Gasteiger partial charge in [-0.3, -0.25) is 0 Å². The van der Waals surface area contributed by atoms with Crippen molar-refractivity contribution in [2.45, 2.75) is 0 Å². The van der Waals surface area contributed by atoms with E-state index in [1.165, 1.54) is 0 Å². The predicted molar refractivity (Wildman–Crippen MR) is 106 cm³/mol. The van der Waals surface area contributed by atoms with Gasteiger partial charge in [0.2, 0.25) is 0 Å². The number of carboxylic acids is 1. The van der Waals surface area contributed by atoms with Crippen LogP contribution in [0.3, 0.4) is 0 Å². The first-order valence-electron chi connectivity index (χ1n) is 8.63. The Balaban J connectivity index is 1.86. The van der Waals surface area contributed by atoms with Gasteiger partial charge in [-0.15, -0.1) is 0 Å². The van der Waals surface area contributed by atoms with Gasteiger partial charge >= 0.3 is 17.5 Å². The lowest BCUT2D eigenvalue weighted by atomic mass is 10.0. The summed E-state index contributed by atoms with van der Waals surface area (Å²) in [4.78, 5) is 11.1. The van der Waals surface area contributed by atoms with Gasteiger partial charge in [0.15, 0.2) is 0 Å². The molecule has 1 aromatic heterocycles. The smallest absolute Gasteiger partial charge is 0.361 e. The highest BCUT2D eigenvalue weighted by atomic mass is 16.4. The molecule has 27 heavy (non-hydrogen) atoms. The first kappa shape index (κ1) is 16.7. The molecule has 0 unspecified atom stereocenters.